The number of hydrogen-bond acceptors (Lipinski definition) is 7. The summed E-state index contributed by atoms with van der Waals surface area (Å²) < 4.78 is 34.2. The summed E-state index contributed by atoms with van der Waals surface area (Å²) >= 11 is 1.22. The van der Waals surface area contributed by atoms with E-state index in [-0.39, 0.29) is 5.75 Å². The van der Waals surface area contributed by atoms with Crippen molar-refractivity contribution in [1.29, 1.82) is 5.26 Å². The quantitative estimate of drug-likeness (QED) is 0.268. The molecule has 1 heterocycles. The first-order valence-electron chi connectivity index (χ1n) is 9.62. The second kappa shape index (κ2) is 11.7. The molecule has 0 unspecified atom stereocenters. The Morgan fingerprint density at radius 1 is 1.14 bits per heavy atom. The van der Waals surface area contributed by atoms with Crippen LogP contribution in [0.25, 0.3) is 5.57 Å². The number of benzene rings is 1. The number of unbranched alkanes of at least 4 members (excludes halogenated alkanes) is 5. The summed E-state index contributed by atoms with van der Waals surface area (Å²) in [5.41, 5.74) is 1.63. The average Bonchev–Trinajstić information content (AvgIpc) is 3.18. The zero-order valence-electron chi connectivity index (χ0n) is 16.8. The van der Waals surface area contributed by atoms with Gasteiger partial charge in [-0.05, 0) is 47.7 Å². The van der Waals surface area contributed by atoms with Crippen LogP contribution < -0.4 is 4.74 Å². The first-order valence-corrected chi connectivity index (χ1v) is 12.1. The van der Waals surface area contributed by atoms with Crippen LogP contribution in [-0.4, -0.2) is 26.3 Å². The molecule has 0 atom stereocenters. The van der Waals surface area contributed by atoms with E-state index in [1.807, 2.05) is 0 Å². The highest BCUT2D eigenvalue weighted by Gasteiger charge is 2.20. The standard InChI is InChI=1S/C21H26N2O4S2/c1-3-4-5-6-7-8-15-29(24,25)27-23-21-19(13-14-28-21)20(16-22)17-9-11-18(26-2)12-10-17/h9-14H,3-8,15H2,1-2H3/b20-19+,23-21-. The number of hydrogen-bond donors (Lipinski definition) is 0. The Kier molecular flexibility index (Phi) is 9.29. The van der Waals surface area contributed by atoms with Crippen LogP contribution in [0.3, 0.4) is 0 Å². The van der Waals surface area contributed by atoms with Crippen molar-refractivity contribution in [2.24, 2.45) is 5.16 Å². The van der Waals surface area contributed by atoms with Gasteiger partial charge in [0.05, 0.1) is 18.4 Å². The second-order valence-corrected chi connectivity index (χ2v) is 9.12. The van der Waals surface area contributed by atoms with Crippen LogP contribution in [0, 0.1) is 11.3 Å². The van der Waals surface area contributed by atoms with E-state index in [1.165, 1.54) is 18.2 Å². The van der Waals surface area contributed by atoms with Crippen LogP contribution in [0.1, 0.15) is 51.0 Å². The fourth-order valence-corrected chi connectivity index (χ4v) is 4.37. The maximum absolute atomic E-state index is 12.1. The lowest BCUT2D eigenvalue weighted by Crippen LogP contribution is -2.09. The minimum atomic E-state index is -3.74. The summed E-state index contributed by atoms with van der Waals surface area (Å²) in [7, 11) is -2.17. The molecule has 0 aliphatic carbocycles. The summed E-state index contributed by atoms with van der Waals surface area (Å²) in [6.45, 7) is 2.14. The molecule has 0 spiro atoms. The Labute approximate surface area is 177 Å². The molecule has 156 valence electrons. The normalized spacial score (nSPS) is 16.7. The summed E-state index contributed by atoms with van der Waals surface area (Å²) in [5.74, 6) is 0.627. The summed E-state index contributed by atoms with van der Waals surface area (Å²) in [6, 6.07) is 9.24. The molecule has 0 amide bonds. The Morgan fingerprint density at radius 2 is 1.83 bits per heavy atom. The molecule has 1 aromatic rings. The lowest BCUT2D eigenvalue weighted by Gasteiger charge is -2.06. The summed E-state index contributed by atoms with van der Waals surface area (Å²) in [6.07, 6.45) is 7.62. The molecule has 0 fully saturated rings. The van der Waals surface area contributed by atoms with Gasteiger partial charge in [-0.15, -0.1) is 0 Å². The van der Waals surface area contributed by atoms with E-state index in [4.69, 9.17) is 9.02 Å². The largest absolute Gasteiger partial charge is 0.497 e. The van der Waals surface area contributed by atoms with Crippen molar-refractivity contribution in [3.63, 3.8) is 0 Å². The van der Waals surface area contributed by atoms with Crippen molar-refractivity contribution in [2.45, 2.75) is 45.4 Å². The molecule has 0 saturated heterocycles. The molecule has 0 radical (unpaired) electrons. The molecular formula is C21H26N2O4S2. The van der Waals surface area contributed by atoms with Gasteiger partial charge in [-0.25, -0.2) is 0 Å². The highest BCUT2D eigenvalue weighted by Crippen LogP contribution is 2.31. The van der Waals surface area contributed by atoms with Crippen molar-refractivity contribution < 1.29 is 17.4 Å². The van der Waals surface area contributed by atoms with E-state index in [9.17, 15) is 13.7 Å². The first-order chi connectivity index (χ1) is 14.0. The second-order valence-electron chi connectivity index (χ2n) is 6.55. The molecule has 1 aromatic carbocycles. The SMILES string of the molecule is CCCCCCCCS(=O)(=O)O/N=C1\SC=C\C1=C(\C#N)c1ccc(OC)cc1. The van der Waals surface area contributed by atoms with Crippen LogP contribution in [0.15, 0.2) is 46.5 Å². The van der Waals surface area contributed by atoms with Gasteiger partial charge in [-0.3, -0.25) is 4.28 Å². The van der Waals surface area contributed by atoms with Crippen molar-refractivity contribution in [3.8, 4) is 11.8 Å². The maximum Gasteiger partial charge on any atom is 0.328 e. The topological polar surface area (TPSA) is 88.8 Å². The van der Waals surface area contributed by atoms with Crippen molar-refractivity contribution in [2.75, 3.05) is 12.9 Å². The van der Waals surface area contributed by atoms with Crippen LogP contribution in [0.2, 0.25) is 0 Å². The number of allylic oxidation sites excluding steroid dienone is 2. The maximum atomic E-state index is 12.1. The zero-order chi connectivity index (χ0) is 21.1. The number of methoxy groups -OCH3 is 1. The van der Waals surface area contributed by atoms with E-state index in [2.05, 4.69) is 18.1 Å². The van der Waals surface area contributed by atoms with E-state index in [0.29, 0.717) is 33.9 Å². The number of ether oxygens (including phenoxy) is 1. The third-order valence-electron chi connectivity index (χ3n) is 4.39. The lowest BCUT2D eigenvalue weighted by atomic mass is 10.0. The van der Waals surface area contributed by atoms with Gasteiger partial charge in [0.15, 0.2) is 0 Å². The zero-order valence-corrected chi connectivity index (χ0v) is 18.4. The van der Waals surface area contributed by atoms with Crippen molar-refractivity contribution in [1.82, 2.24) is 0 Å². The van der Waals surface area contributed by atoms with Gasteiger partial charge in [-0.1, -0.05) is 55.9 Å². The number of nitrogens with zero attached hydrogens (tertiary/aromatic N) is 2. The van der Waals surface area contributed by atoms with Crippen molar-refractivity contribution >= 4 is 32.5 Å². The van der Waals surface area contributed by atoms with Crippen molar-refractivity contribution in [3.05, 3.63) is 46.9 Å². The third-order valence-corrected chi connectivity index (χ3v) is 6.27. The highest BCUT2D eigenvalue weighted by molar-refractivity contribution is 8.17. The van der Waals surface area contributed by atoms with E-state index < -0.39 is 10.1 Å². The minimum Gasteiger partial charge on any atom is -0.497 e. The molecule has 29 heavy (non-hydrogen) atoms. The fourth-order valence-electron chi connectivity index (χ4n) is 2.79. The third kappa shape index (κ3) is 7.26. The summed E-state index contributed by atoms with van der Waals surface area (Å²) in [5, 5.41) is 15.5. The van der Waals surface area contributed by atoms with Gasteiger partial charge >= 0.3 is 10.1 Å². The van der Waals surface area contributed by atoms with Crippen LogP contribution in [-0.2, 0) is 14.4 Å². The van der Waals surface area contributed by atoms with Gasteiger partial charge in [0.1, 0.15) is 16.9 Å². The molecule has 0 N–H and O–H groups in total. The predicted octanol–water partition coefficient (Wildman–Crippen LogP) is 5.25. The first kappa shape index (κ1) is 23.0. The lowest BCUT2D eigenvalue weighted by molar-refractivity contribution is 0.339. The van der Waals surface area contributed by atoms with E-state index in [1.54, 1.807) is 42.9 Å². The number of thioether (sulfide) groups is 1. The summed E-state index contributed by atoms with van der Waals surface area (Å²) in [4.78, 5) is 0. The molecular weight excluding hydrogens is 408 g/mol. The van der Waals surface area contributed by atoms with Gasteiger partial charge < -0.3 is 4.74 Å². The molecule has 6 nitrogen and oxygen atoms in total. The highest BCUT2D eigenvalue weighted by atomic mass is 32.2. The molecule has 1 aliphatic heterocycles. The van der Waals surface area contributed by atoms with Gasteiger partial charge in [0.25, 0.3) is 0 Å². The molecule has 0 saturated carbocycles. The molecule has 0 bridgehead atoms. The molecule has 8 heteroatoms. The van der Waals surface area contributed by atoms with Gasteiger partial charge in [0, 0.05) is 5.57 Å². The predicted molar refractivity (Wildman–Crippen MR) is 118 cm³/mol. The molecule has 0 aromatic heterocycles. The Bertz CT molecular complexity index is 911. The van der Waals surface area contributed by atoms with Gasteiger partial charge in [-0.2, -0.15) is 13.7 Å². The monoisotopic (exact) mass is 434 g/mol. The average molecular weight is 435 g/mol. The molecule has 1 aliphatic rings. The number of rotatable bonds is 11. The van der Waals surface area contributed by atoms with E-state index in [0.717, 1.165) is 25.7 Å². The number of oxime groups is 1. The number of nitriles is 1. The van der Waals surface area contributed by atoms with Crippen LogP contribution in [0.5, 0.6) is 5.75 Å². The Morgan fingerprint density at radius 3 is 2.48 bits per heavy atom. The fraction of sp³-hybridized carbons (Fsp3) is 0.429. The van der Waals surface area contributed by atoms with Crippen LogP contribution >= 0.6 is 11.8 Å². The Balaban J connectivity index is 2.05. The van der Waals surface area contributed by atoms with Crippen LogP contribution in [0.4, 0.5) is 0 Å². The van der Waals surface area contributed by atoms with E-state index >= 15 is 0 Å². The Hall–Kier alpha value is -2.24. The molecule has 2 rings (SSSR count). The smallest absolute Gasteiger partial charge is 0.328 e. The van der Waals surface area contributed by atoms with Gasteiger partial charge in [0.2, 0.25) is 0 Å². The minimum absolute atomic E-state index is 0.0589.